The number of anilines is 1. The van der Waals surface area contributed by atoms with Crippen molar-refractivity contribution in [2.24, 2.45) is 0 Å². The Bertz CT molecular complexity index is 1060. The topological polar surface area (TPSA) is 77.2 Å². The third-order valence-electron chi connectivity index (χ3n) is 4.32. The van der Waals surface area contributed by atoms with Crippen LogP contribution in [-0.4, -0.2) is 22.7 Å². The SMILES string of the molecule is CC(C)c1noc(-c2ccc(NC(=O)C3=Cc4cc(F)ccc4OC3)cc2)n1. The molecule has 1 aliphatic rings. The fraction of sp³-hybridized carbons (Fsp3) is 0.190. The number of carbonyl (C=O) groups is 1. The summed E-state index contributed by atoms with van der Waals surface area (Å²) in [5, 5.41) is 6.76. The summed E-state index contributed by atoms with van der Waals surface area (Å²) >= 11 is 0. The quantitative estimate of drug-likeness (QED) is 0.726. The average molecular weight is 379 g/mol. The van der Waals surface area contributed by atoms with Crippen molar-refractivity contribution in [2.45, 2.75) is 19.8 Å². The molecule has 4 rings (SSSR count). The number of fused-ring (bicyclic) bond motifs is 1. The minimum atomic E-state index is -0.377. The molecular formula is C21H18FN3O3. The van der Waals surface area contributed by atoms with Crippen molar-refractivity contribution in [3.8, 4) is 17.2 Å². The largest absolute Gasteiger partial charge is 0.488 e. The smallest absolute Gasteiger partial charge is 0.257 e. The lowest BCUT2D eigenvalue weighted by Gasteiger charge is -2.17. The molecule has 142 valence electrons. The van der Waals surface area contributed by atoms with Crippen molar-refractivity contribution in [3.05, 3.63) is 65.2 Å². The predicted octanol–water partition coefficient (Wildman–Crippen LogP) is 4.41. The van der Waals surface area contributed by atoms with Crippen LogP contribution in [0.15, 0.2) is 52.6 Å². The molecule has 0 atom stereocenters. The van der Waals surface area contributed by atoms with E-state index in [0.29, 0.717) is 34.3 Å². The van der Waals surface area contributed by atoms with E-state index >= 15 is 0 Å². The van der Waals surface area contributed by atoms with Gasteiger partial charge in [0.05, 0.1) is 5.57 Å². The third-order valence-corrected chi connectivity index (χ3v) is 4.32. The Kier molecular flexibility index (Phi) is 4.65. The number of amides is 1. The van der Waals surface area contributed by atoms with Crippen molar-refractivity contribution in [3.63, 3.8) is 0 Å². The van der Waals surface area contributed by atoms with Gasteiger partial charge in [-0.15, -0.1) is 0 Å². The van der Waals surface area contributed by atoms with E-state index in [1.807, 2.05) is 13.8 Å². The highest BCUT2D eigenvalue weighted by Crippen LogP contribution is 2.28. The zero-order valence-electron chi connectivity index (χ0n) is 15.4. The zero-order chi connectivity index (χ0) is 19.7. The van der Waals surface area contributed by atoms with Crippen LogP contribution in [0.25, 0.3) is 17.5 Å². The molecule has 3 aromatic rings. The molecule has 0 aliphatic carbocycles. The van der Waals surface area contributed by atoms with Gasteiger partial charge in [0.1, 0.15) is 18.2 Å². The lowest BCUT2D eigenvalue weighted by atomic mass is 10.1. The highest BCUT2D eigenvalue weighted by Gasteiger charge is 2.18. The Morgan fingerprint density at radius 1 is 1.18 bits per heavy atom. The summed E-state index contributed by atoms with van der Waals surface area (Å²) in [6, 6.07) is 11.3. The van der Waals surface area contributed by atoms with Gasteiger partial charge in [-0.1, -0.05) is 19.0 Å². The molecule has 6 nitrogen and oxygen atoms in total. The zero-order valence-corrected chi connectivity index (χ0v) is 15.4. The summed E-state index contributed by atoms with van der Waals surface area (Å²) in [4.78, 5) is 16.9. The molecule has 2 aromatic carbocycles. The molecule has 0 fully saturated rings. The van der Waals surface area contributed by atoms with Crippen molar-refractivity contribution < 1.29 is 18.4 Å². The van der Waals surface area contributed by atoms with Gasteiger partial charge >= 0.3 is 0 Å². The van der Waals surface area contributed by atoms with Crippen LogP contribution in [0.1, 0.15) is 31.2 Å². The van der Waals surface area contributed by atoms with Gasteiger partial charge in [0, 0.05) is 22.7 Å². The Balaban J connectivity index is 1.48. The molecule has 2 heterocycles. The first-order chi connectivity index (χ1) is 13.5. The summed E-state index contributed by atoms with van der Waals surface area (Å²) in [6.07, 6.45) is 1.64. The van der Waals surface area contributed by atoms with Gasteiger partial charge in [0.15, 0.2) is 5.82 Å². The Labute approximate surface area is 161 Å². The molecule has 7 heteroatoms. The second-order valence-corrected chi connectivity index (χ2v) is 6.78. The first-order valence-electron chi connectivity index (χ1n) is 8.88. The lowest BCUT2D eigenvalue weighted by molar-refractivity contribution is -0.113. The number of halogens is 1. The van der Waals surface area contributed by atoms with Crippen molar-refractivity contribution in [1.82, 2.24) is 10.1 Å². The number of benzene rings is 2. The minimum absolute atomic E-state index is 0.127. The number of nitrogens with one attached hydrogen (secondary N) is 1. The molecule has 0 radical (unpaired) electrons. The maximum Gasteiger partial charge on any atom is 0.257 e. The number of nitrogens with zero attached hydrogens (tertiary/aromatic N) is 2. The monoisotopic (exact) mass is 379 g/mol. The summed E-state index contributed by atoms with van der Waals surface area (Å²) in [7, 11) is 0. The standard InChI is InChI=1S/C21H18FN3O3/c1-12(2)19-24-21(28-25-19)13-3-6-17(7-4-13)23-20(26)15-9-14-10-16(22)5-8-18(14)27-11-15/h3-10,12H,11H2,1-2H3,(H,23,26). The van der Waals surface area contributed by atoms with E-state index < -0.39 is 0 Å². The number of rotatable bonds is 4. The fourth-order valence-electron chi connectivity index (χ4n) is 2.77. The maximum atomic E-state index is 13.4. The van der Waals surface area contributed by atoms with Crippen LogP contribution >= 0.6 is 0 Å². The number of carbonyl (C=O) groups excluding carboxylic acids is 1. The molecule has 28 heavy (non-hydrogen) atoms. The Hall–Kier alpha value is -3.48. The van der Waals surface area contributed by atoms with Gasteiger partial charge in [-0.3, -0.25) is 4.79 Å². The Morgan fingerprint density at radius 3 is 2.68 bits per heavy atom. The second-order valence-electron chi connectivity index (χ2n) is 6.78. The average Bonchev–Trinajstić information content (AvgIpc) is 3.18. The highest BCUT2D eigenvalue weighted by molar-refractivity contribution is 6.07. The van der Waals surface area contributed by atoms with E-state index in [1.54, 1.807) is 36.4 Å². The number of hydrogen-bond donors (Lipinski definition) is 1. The molecule has 0 saturated heterocycles. The van der Waals surface area contributed by atoms with Gasteiger partial charge in [0.2, 0.25) is 0 Å². The molecule has 1 aromatic heterocycles. The third kappa shape index (κ3) is 3.64. The molecule has 0 unspecified atom stereocenters. The van der Waals surface area contributed by atoms with E-state index in [9.17, 15) is 9.18 Å². The van der Waals surface area contributed by atoms with Gasteiger partial charge < -0.3 is 14.6 Å². The van der Waals surface area contributed by atoms with Crippen molar-refractivity contribution in [1.29, 1.82) is 0 Å². The fourth-order valence-corrected chi connectivity index (χ4v) is 2.77. The van der Waals surface area contributed by atoms with Crippen LogP contribution in [-0.2, 0) is 4.79 Å². The summed E-state index contributed by atoms with van der Waals surface area (Å²) < 4.78 is 24.2. The molecule has 0 spiro atoms. The van der Waals surface area contributed by atoms with Crippen LogP contribution in [0.4, 0.5) is 10.1 Å². The molecule has 0 bridgehead atoms. The number of aromatic nitrogens is 2. The van der Waals surface area contributed by atoms with E-state index in [4.69, 9.17) is 9.26 Å². The van der Waals surface area contributed by atoms with Gasteiger partial charge in [-0.2, -0.15) is 4.98 Å². The molecular weight excluding hydrogens is 361 g/mol. The van der Waals surface area contributed by atoms with Crippen LogP contribution in [0, 0.1) is 5.82 Å². The van der Waals surface area contributed by atoms with Gasteiger partial charge in [0.25, 0.3) is 11.8 Å². The van der Waals surface area contributed by atoms with E-state index in [-0.39, 0.29) is 24.2 Å². The summed E-state index contributed by atoms with van der Waals surface area (Å²) in [5.41, 5.74) is 2.34. The van der Waals surface area contributed by atoms with Gasteiger partial charge in [-0.25, -0.2) is 4.39 Å². The normalized spacial score (nSPS) is 12.9. The summed E-state index contributed by atoms with van der Waals surface area (Å²) in [5.74, 6) is 1.14. The van der Waals surface area contributed by atoms with Crippen molar-refractivity contribution >= 4 is 17.7 Å². The second kappa shape index (κ2) is 7.26. The predicted molar refractivity (Wildman–Crippen MR) is 102 cm³/mol. The maximum absolute atomic E-state index is 13.4. The lowest BCUT2D eigenvalue weighted by Crippen LogP contribution is -2.21. The van der Waals surface area contributed by atoms with E-state index in [0.717, 1.165) is 5.56 Å². The molecule has 1 amide bonds. The first-order valence-corrected chi connectivity index (χ1v) is 8.88. The van der Waals surface area contributed by atoms with Crippen LogP contribution < -0.4 is 10.1 Å². The highest BCUT2D eigenvalue weighted by atomic mass is 19.1. The van der Waals surface area contributed by atoms with Crippen LogP contribution in [0.2, 0.25) is 0 Å². The van der Waals surface area contributed by atoms with Crippen LogP contribution in [0.5, 0.6) is 5.75 Å². The van der Waals surface area contributed by atoms with Gasteiger partial charge in [-0.05, 0) is 48.5 Å². The number of ether oxygens (including phenoxy) is 1. The Morgan fingerprint density at radius 2 is 1.96 bits per heavy atom. The van der Waals surface area contributed by atoms with Crippen molar-refractivity contribution in [2.75, 3.05) is 11.9 Å². The number of hydrogen-bond acceptors (Lipinski definition) is 5. The first kappa shape index (κ1) is 17.9. The van der Waals surface area contributed by atoms with E-state index in [1.165, 1.54) is 12.1 Å². The summed E-state index contributed by atoms with van der Waals surface area (Å²) in [6.45, 7) is 4.11. The minimum Gasteiger partial charge on any atom is -0.488 e. The molecule has 1 aliphatic heterocycles. The molecule has 1 N–H and O–H groups in total. The molecule has 0 saturated carbocycles. The van der Waals surface area contributed by atoms with E-state index in [2.05, 4.69) is 15.5 Å². The van der Waals surface area contributed by atoms with Crippen LogP contribution in [0.3, 0.4) is 0 Å².